The van der Waals surface area contributed by atoms with Crippen LogP contribution in [-0.4, -0.2) is 30.4 Å². The lowest BCUT2D eigenvalue weighted by Gasteiger charge is -2.48. The maximum Gasteiger partial charge on any atom is 0.237 e. The molecule has 1 N–H and O–H groups in total. The summed E-state index contributed by atoms with van der Waals surface area (Å²) in [6.45, 7) is 3.01. The van der Waals surface area contributed by atoms with E-state index in [9.17, 15) is 4.79 Å². The van der Waals surface area contributed by atoms with Crippen molar-refractivity contribution in [2.45, 2.75) is 37.5 Å². The van der Waals surface area contributed by atoms with Gasteiger partial charge in [-0.05, 0) is 30.4 Å². The average molecular weight is 270 g/mol. The average Bonchev–Trinajstić information content (AvgIpc) is 2.73. The van der Waals surface area contributed by atoms with E-state index < -0.39 is 0 Å². The SMILES string of the molecule is O=C1Nc2ccccc2C12CN(CC1CCCCC1)C2. The largest absolute Gasteiger partial charge is 0.325 e. The van der Waals surface area contributed by atoms with Gasteiger partial charge in [0.1, 0.15) is 5.41 Å². The molecule has 1 saturated heterocycles. The standard InChI is InChI=1S/C17H22N2O/c20-16-17(14-8-4-5-9-15(14)18-16)11-19(12-17)10-13-6-2-1-3-7-13/h4-5,8-9,13H,1-3,6-7,10-12H2,(H,18,20). The molecule has 1 saturated carbocycles. The number of carbonyl (C=O) groups is 1. The summed E-state index contributed by atoms with van der Waals surface area (Å²) in [6, 6.07) is 8.18. The van der Waals surface area contributed by atoms with Gasteiger partial charge in [0.15, 0.2) is 0 Å². The summed E-state index contributed by atoms with van der Waals surface area (Å²) in [5, 5.41) is 3.05. The minimum Gasteiger partial charge on any atom is -0.325 e. The van der Waals surface area contributed by atoms with E-state index >= 15 is 0 Å². The summed E-state index contributed by atoms with van der Waals surface area (Å²) in [5.41, 5.74) is 1.99. The Bertz CT molecular complexity index is 528. The molecule has 1 aromatic rings. The Labute approximate surface area is 120 Å². The number of carbonyl (C=O) groups excluding carboxylic acids is 1. The Morgan fingerprint density at radius 1 is 1.15 bits per heavy atom. The predicted molar refractivity (Wildman–Crippen MR) is 79.8 cm³/mol. The van der Waals surface area contributed by atoms with Crippen LogP contribution in [0.1, 0.15) is 37.7 Å². The third-order valence-corrected chi connectivity index (χ3v) is 5.35. The third-order valence-electron chi connectivity index (χ3n) is 5.35. The number of nitrogens with one attached hydrogen (secondary N) is 1. The van der Waals surface area contributed by atoms with Crippen molar-refractivity contribution in [3.63, 3.8) is 0 Å². The second-order valence-electron chi connectivity index (χ2n) is 6.76. The molecule has 4 rings (SSSR count). The van der Waals surface area contributed by atoms with Crippen LogP contribution in [0, 0.1) is 5.92 Å². The van der Waals surface area contributed by atoms with Crippen LogP contribution >= 0.6 is 0 Å². The van der Waals surface area contributed by atoms with Crippen LogP contribution < -0.4 is 5.32 Å². The first-order valence-corrected chi connectivity index (χ1v) is 7.91. The first-order valence-electron chi connectivity index (χ1n) is 7.91. The van der Waals surface area contributed by atoms with Crippen molar-refractivity contribution in [1.82, 2.24) is 4.90 Å². The van der Waals surface area contributed by atoms with E-state index in [2.05, 4.69) is 16.3 Å². The molecule has 0 unspecified atom stereocenters. The van der Waals surface area contributed by atoms with Gasteiger partial charge < -0.3 is 10.2 Å². The van der Waals surface area contributed by atoms with E-state index in [1.807, 2.05) is 18.2 Å². The van der Waals surface area contributed by atoms with Crippen molar-refractivity contribution >= 4 is 11.6 Å². The highest BCUT2D eigenvalue weighted by Crippen LogP contribution is 2.44. The molecule has 2 heterocycles. The van der Waals surface area contributed by atoms with Gasteiger partial charge in [-0.15, -0.1) is 0 Å². The van der Waals surface area contributed by atoms with Crippen molar-refractivity contribution in [3.8, 4) is 0 Å². The first kappa shape index (κ1) is 12.4. The molecule has 2 aliphatic heterocycles. The highest BCUT2D eigenvalue weighted by atomic mass is 16.2. The molecule has 1 aromatic carbocycles. The fourth-order valence-corrected chi connectivity index (χ4v) is 4.27. The molecule has 106 valence electrons. The van der Waals surface area contributed by atoms with Gasteiger partial charge in [0, 0.05) is 25.3 Å². The molecule has 1 spiro atoms. The number of rotatable bonds is 2. The number of amides is 1. The van der Waals surface area contributed by atoms with Gasteiger partial charge in [0.05, 0.1) is 0 Å². The van der Waals surface area contributed by atoms with Gasteiger partial charge in [-0.3, -0.25) is 4.79 Å². The Balaban J connectivity index is 1.46. The zero-order valence-corrected chi connectivity index (χ0v) is 11.9. The lowest BCUT2D eigenvalue weighted by molar-refractivity contribution is -0.127. The fraction of sp³-hybridized carbons (Fsp3) is 0.588. The molecule has 0 aromatic heterocycles. The van der Waals surface area contributed by atoms with Crippen molar-refractivity contribution in [1.29, 1.82) is 0 Å². The van der Waals surface area contributed by atoms with Gasteiger partial charge in [-0.2, -0.15) is 0 Å². The van der Waals surface area contributed by atoms with Crippen molar-refractivity contribution in [3.05, 3.63) is 29.8 Å². The number of hydrogen-bond donors (Lipinski definition) is 1. The molecule has 0 radical (unpaired) electrons. The Kier molecular flexibility index (Phi) is 2.84. The summed E-state index contributed by atoms with van der Waals surface area (Å²) >= 11 is 0. The second-order valence-corrected chi connectivity index (χ2v) is 6.76. The van der Waals surface area contributed by atoms with Crippen LogP contribution in [-0.2, 0) is 10.2 Å². The lowest BCUT2D eigenvalue weighted by atomic mass is 9.74. The Morgan fingerprint density at radius 2 is 1.90 bits per heavy atom. The number of fused-ring (bicyclic) bond motifs is 2. The summed E-state index contributed by atoms with van der Waals surface area (Å²) in [6.07, 6.45) is 6.97. The van der Waals surface area contributed by atoms with E-state index in [0.717, 1.165) is 24.7 Å². The predicted octanol–water partition coefficient (Wildman–Crippen LogP) is 2.77. The number of nitrogens with zero attached hydrogens (tertiary/aromatic N) is 1. The molecule has 1 amide bonds. The number of anilines is 1. The monoisotopic (exact) mass is 270 g/mol. The highest BCUT2D eigenvalue weighted by molar-refractivity contribution is 6.07. The van der Waals surface area contributed by atoms with E-state index in [-0.39, 0.29) is 11.3 Å². The Morgan fingerprint density at radius 3 is 2.70 bits per heavy atom. The van der Waals surface area contributed by atoms with Crippen molar-refractivity contribution in [2.24, 2.45) is 5.92 Å². The summed E-state index contributed by atoms with van der Waals surface area (Å²) in [5.74, 6) is 1.07. The minimum absolute atomic E-state index is 0.207. The van der Waals surface area contributed by atoms with Crippen molar-refractivity contribution < 1.29 is 4.79 Å². The molecule has 3 aliphatic rings. The minimum atomic E-state index is -0.245. The molecule has 1 aliphatic carbocycles. The lowest BCUT2D eigenvalue weighted by Crippen LogP contribution is -2.63. The number of likely N-dealkylation sites (tertiary alicyclic amines) is 1. The molecular weight excluding hydrogens is 248 g/mol. The normalized spacial score (nSPS) is 25.3. The maximum atomic E-state index is 12.3. The third kappa shape index (κ3) is 1.80. The summed E-state index contributed by atoms with van der Waals surface area (Å²) in [4.78, 5) is 14.8. The van der Waals surface area contributed by atoms with E-state index in [0.29, 0.717) is 0 Å². The summed E-state index contributed by atoms with van der Waals surface area (Å²) in [7, 11) is 0. The van der Waals surface area contributed by atoms with Gasteiger partial charge in [0.2, 0.25) is 5.91 Å². The second kappa shape index (κ2) is 4.59. The van der Waals surface area contributed by atoms with Crippen molar-refractivity contribution in [2.75, 3.05) is 25.0 Å². The van der Waals surface area contributed by atoms with Gasteiger partial charge in [0.25, 0.3) is 0 Å². The smallest absolute Gasteiger partial charge is 0.237 e. The Hall–Kier alpha value is -1.35. The zero-order valence-electron chi connectivity index (χ0n) is 11.9. The molecule has 3 nitrogen and oxygen atoms in total. The highest BCUT2D eigenvalue weighted by Gasteiger charge is 2.54. The molecule has 0 atom stereocenters. The zero-order chi connectivity index (χ0) is 13.6. The van der Waals surface area contributed by atoms with E-state index in [4.69, 9.17) is 0 Å². The molecule has 2 fully saturated rings. The van der Waals surface area contributed by atoms with Crippen LogP contribution in [0.4, 0.5) is 5.69 Å². The van der Waals surface area contributed by atoms with Crippen LogP contribution in [0.2, 0.25) is 0 Å². The topological polar surface area (TPSA) is 32.3 Å². The van der Waals surface area contributed by atoms with E-state index in [1.54, 1.807) is 0 Å². The van der Waals surface area contributed by atoms with Gasteiger partial charge >= 0.3 is 0 Å². The van der Waals surface area contributed by atoms with Crippen LogP contribution in [0.5, 0.6) is 0 Å². The quantitative estimate of drug-likeness (QED) is 0.896. The number of hydrogen-bond acceptors (Lipinski definition) is 2. The van der Waals surface area contributed by atoms with E-state index in [1.165, 1.54) is 44.2 Å². The van der Waals surface area contributed by atoms with Crippen LogP contribution in [0.3, 0.4) is 0 Å². The maximum absolute atomic E-state index is 12.3. The molecule has 20 heavy (non-hydrogen) atoms. The van der Waals surface area contributed by atoms with Gasteiger partial charge in [-0.25, -0.2) is 0 Å². The first-order chi connectivity index (χ1) is 9.78. The molecule has 3 heteroatoms. The fourth-order valence-electron chi connectivity index (χ4n) is 4.27. The van der Waals surface area contributed by atoms with Crippen LogP contribution in [0.15, 0.2) is 24.3 Å². The van der Waals surface area contributed by atoms with Gasteiger partial charge in [-0.1, -0.05) is 37.5 Å². The molecule has 0 bridgehead atoms. The molecular formula is C17H22N2O. The number of para-hydroxylation sites is 1. The summed E-state index contributed by atoms with van der Waals surface area (Å²) < 4.78 is 0. The van der Waals surface area contributed by atoms with Crippen LogP contribution in [0.25, 0.3) is 0 Å². The number of benzene rings is 1.